The third-order valence-electron chi connectivity index (χ3n) is 4.69. The van der Waals surface area contributed by atoms with Gasteiger partial charge in [-0.1, -0.05) is 36.4 Å². The van der Waals surface area contributed by atoms with E-state index in [1.807, 2.05) is 17.5 Å². The normalized spacial score (nSPS) is 11.6. The number of hydrogen-bond acceptors (Lipinski definition) is 3. The van der Waals surface area contributed by atoms with Gasteiger partial charge in [0.25, 0.3) is 5.91 Å². The van der Waals surface area contributed by atoms with Crippen molar-refractivity contribution in [2.75, 3.05) is 11.9 Å². The molecule has 0 spiro atoms. The SMILES string of the molecule is O=C(CCCNC(=O)c1cccs1)Nc1ccc2c(c1)Cc1ccccc1-2. The van der Waals surface area contributed by atoms with E-state index in [0.29, 0.717) is 24.3 Å². The van der Waals surface area contributed by atoms with Gasteiger partial charge in [0.05, 0.1) is 4.88 Å². The molecule has 0 radical (unpaired) electrons. The first-order valence-corrected chi connectivity index (χ1v) is 9.91. The van der Waals surface area contributed by atoms with Gasteiger partial charge in [-0.05, 0) is 58.7 Å². The Balaban J connectivity index is 1.27. The highest BCUT2D eigenvalue weighted by Gasteiger charge is 2.18. The molecule has 2 amide bonds. The van der Waals surface area contributed by atoms with Crippen LogP contribution in [0.4, 0.5) is 5.69 Å². The number of hydrogen-bond donors (Lipinski definition) is 2. The zero-order valence-electron chi connectivity index (χ0n) is 14.8. The zero-order chi connectivity index (χ0) is 18.6. The quantitative estimate of drug-likeness (QED) is 0.488. The fourth-order valence-electron chi connectivity index (χ4n) is 3.39. The van der Waals surface area contributed by atoms with E-state index in [0.717, 1.165) is 12.1 Å². The van der Waals surface area contributed by atoms with Crippen molar-refractivity contribution in [3.63, 3.8) is 0 Å². The summed E-state index contributed by atoms with van der Waals surface area (Å²) in [6.45, 7) is 0.490. The average Bonchev–Trinajstić information content (AvgIpc) is 3.32. The second kappa shape index (κ2) is 7.76. The lowest BCUT2D eigenvalue weighted by atomic mass is 10.1. The van der Waals surface area contributed by atoms with Crippen molar-refractivity contribution in [2.45, 2.75) is 19.3 Å². The van der Waals surface area contributed by atoms with Crippen LogP contribution in [0.3, 0.4) is 0 Å². The highest BCUT2D eigenvalue weighted by molar-refractivity contribution is 7.12. The molecule has 1 heterocycles. The number of benzene rings is 2. The molecule has 1 aliphatic carbocycles. The van der Waals surface area contributed by atoms with E-state index in [9.17, 15) is 9.59 Å². The first kappa shape index (κ1) is 17.5. The summed E-state index contributed by atoms with van der Waals surface area (Å²) < 4.78 is 0. The van der Waals surface area contributed by atoms with Gasteiger partial charge in [-0.2, -0.15) is 0 Å². The molecule has 0 saturated carbocycles. The summed E-state index contributed by atoms with van der Waals surface area (Å²) in [5.41, 5.74) is 5.94. The van der Waals surface area contributed by atoms with E-state index in [-0.39, 0.29) is 11.8 Å². The van der Waals surface area contributed by atoms with Gasteiger partial charge in [-0.15, -0.1) is 11.3 Å². The number of rotatable bonds is 6. The van der Waals surface area contributed by atoms with Crippen molar-refractivity contribution in [1.29, 1.82) is 0 Å². The predicted octanol–water partition coefficient (Wildman–Crippen LogP) is 4.47. The van der Waals surface area contributed by atoms with Crippen LogP contribution in [0.2, 0.25) is 0 Å². The van der Waals surface area contributed by atoms with Crippen LogP contribution in [0, 0.1) is 0 Å². The van der Waals surface area contributed by atoms with Gasteiger partial charge in [0.15, 0.2) is 0 Å². The van der Waals surface area contributed by atoms with E-state index in [4.69, 9.17) is 0 Å². The van der Waals surface area contributed by atoms with Gasteiger partial charge in [-0.25, -0.2) is 0 Å². The fraction of sp³-hybridized carbons (Fsp3) is 0.182. The van der Waals surface area contributed by atoms with Crippen LogP contribution in [-0.4, -0.2) is 18.4 Å². The molecule has 136 valence electrons. The van der Waals surface area contributed by atoms with Crippen molar-refractivity contribution in [2.24, 2.45) is 0 Å². The summed E-state index contributed by atoms with van der Waals surface area (Å²) in [5, 5.41) is 7.68. The maximum atomic E-state index is 12.2. The van der Waals surface area contributed by atoms with Crippen molar-refractivity contribution in [3.8, 4) is 11.1 Å². The maximum absolute atomic E-state index is 12.2. The largest absolute Gasteiger partial charge is 0.351 e. The number of anilines is 1. The lowest BCUT2D eigenvalue weighted by molar-refractivity contribution is -0.116. The number of amides is 2. The Morgan fingerprint density at radius 2 is 1.81 bits per heavy atom. The molecule has 4 rings (SSSR count). The Morgan fingerprint density at radius 1 is 0.963 bits per heavy atom. The molecule has 0 saturated heterocycles. The molecule has 1 aliphatic rings. The van der Waals surface area contributed by atoms with Crippen LogP contribution in [0.25, 0.3) is 11.1 Å². The molecule has 0 unspecified atom stereocenters. The molecule has 0 aliphatic heterocycles. The minimum atomic E-state index is -0.0800. The van der Waals surface area contributed by atoms with E-state index in [1.54, 1.807) is 6.07 Å². The highest BCUT2D eigenvalue weighted by Crippen LogP contribution is 2.37. The Bertz CT molecular complexity index is 980. The first-order chi connectivity index (χ1) is 13.2. The Hall–Kier alpha value is -2.92. The second-order valence-corrected chi connectivity index (χ2v) is 7.54. The second-order valence-electron chi connectivity index (χ2n) is 6.59. The van der Waals surface area contributed by atoms with Gasteiger partial charge in [-0.3, -0.25) is 9.59 Å². The summed E-state index contributed by atoms with van der Waals surface area (Å²) in [7, 11) is 0. The van der Waals surface area contributed by atoms with E-state index >= 15 is 0 Å². The highest BCUT2D eigenvalue weighted by atomic mass is 32.1. The predicted molar refractivity (Wildman–Crippen MR) is 109 cm³/mol. The lowest BCUT2D eigenvalue weighted by Gasteiger charge is -2.08. The molecular weight excluding hydrogens is 356 g/mol. The Morgan fingerprint density at radius 3 is 2.67 bits per heavy atom. The molecule has 2 N–H and O–H groups in total. The Labute approximate surface area is 162 Å². The van der Waals surface area contributed by atoms with Crippen molar-refractivity contribution >= 4 is 28.8 Å². The Kier molecular flexibility index (Phi) is 5.03. The smallest absolute Gasteiger partial charge is 0.261 e. The summed E-state index contributed by atoms with van der Waals surface area (Å²) in [5.74, 6) is -0.112. The van der Waals surface area contributed by atoms with Gasteiger partial charge < -0.3 is 10.6 Å². The third-order valence-corrected chi connectivity index (χ3v) is 5.56. The molecule has 2 aromatic carbocycles. The van der Waals surface area contributed by atoms with Gasteiger partial charge in [0.1, 0.15) is 0 Å². The molecule has 4 nitrogen and oxygen atoms in total. The molecule has 0 fully saturated rings. The number of fused-ring (bicyclic) bond motifs is 3. The van der Waals surface area contributed by atoms with Gasteiger partial charge in [0.2, 0.25) is 5.91 Å². The van der Waals surface area contributed by atoms with Crippen molar-refractivity contribution in [1.82, 2.24) is 5.32 Å². The molecular formula is C22H20N2O2S. The number of nitrogens with one attached hydrogen (secondary N) is 2. The minimum absolute atomic E-state index is 0.0316. The molecule has 5 heteroatoms. The van der Waals surface area contributed by atoms with Crippen LogP contribution >= 0.6 is 11.3 Å². The number of carbonyl (C=O) groups excluding carboxylic acids is 2. The van der Waals surface area contributed by atoms with Crippen LogP contribution < -0.4 is 10.6 Å². The summed E-state index contributed by atoms with van der Waals surface area (Å²) >= 11 is 1.41. The van der Waals surface area contributed by atoms with E-state index in [1.165, 1.54) is 33.6 Å². The fourth-order valence-corrected chi connectivity index (χ4v) is 4.03. The third kappa shape index (κ3) is 3.93. The summed E-state index contributed by atoms with van der Waals surface area (Å²) in [6, 6.07) is 18.1. The minimum Gasteiger partial charge on any atom is -0.351 e. The number of carbonyl (C=O) groups is 2. The standard InChI is InChI=1S/C22H20N2O2S/c25-21(8-3-11-23-22(26)20-7-4-12-27-20)24-17-9-10-19-16(14-17)13-15-5-1-2-6-18(15)19/h1-2,4-7,9-10,12,14H,3,8,11,13H2,(H,23,26)(H,24,25). The summed E-state index contributed by atoms with van der Waals surface area (Å²) in [4.78, 5) is 24.7. The molecule has 27 heavy (non-hydrogen) atoms. The zero-order valence-corrected chi connectivity index (χ0v) is 15.6. The molecule has 0 bridgehead atoms. The van der Waals surface area contributed by atoms with Crippen molar-refractivity contribution < 1.29 is 9.59 Å². The summed E-state index contributed by atoms with van der Waals surface area (Å²) in [6.07, 6.45) is 1.89. The van der Waals surface area contributed by atoms with E-state index in [2.05, 4.69) is 47.0 Å². The molecule has 3 aromatic rings. The molecule has 1 aromatic heterocycles. The maximum Gasteiger partial charge on any atom is 0.261 e. The van der Waals surface area contributed by atoms with Crippen LogP contribution in [0.15, 0.2) is 60.0 Å². The van der Waals surface area contributed by atoms with Crippen LogP contribution in [0.1, 0.15) is 33.6 Å². The van der Waals surface area contributed by atoms with Crippen LogP contribution in [0.5, 0.6) is 0 Å². The van der Waals surface area contributed by atoms with Crippen LogP contribution in [-0.2, 0) is 11.2 Å². The topological polar surface area (TPSA) is 58.2 Å². The number of thiophene rings is 1. The van der Waals surface area contributed by atoms with Gasteiger partial charge >= 0.3 is 0 Å². The monoisotopic (exact) mass is 376 g/mol. The van der Waals surface area contributed by atoms with Gasteiger partial charge in [0, 0.05) is 18.7 Å². The lowest BCUT2D eigenvalue weighted by Crippen LogP contribution is -2.24. The first-order valence-electron chi connectivity index (χ1n) is 9.03. The van der Waals surface area contributed by atoms with E-state index < -0.39 is 0 Å². The molecule has 0 atom stereocenters. The average molecular weight is 376 g/mol. The van der Waals surface area contributed by atoms with Crippen molar-refractivity contribution in [3.05, 3.63) is 76.0 Å².